The zero-order valence-corrected chi connectivity index (χ0v) is 7.50. The summed E-state index contributed by atoms with van der Waals surface area (Å²) in [5.74, 6) is 0.481. The first-order chi connectivity index (χ1) is 5.60. The molecule has 1 aromatic heterocycles. The molecule has 1 N–H and O–H groups in total. The van der Waals surface area contributed by atoms with Crippen molar-refractivity contribution in [3.8, 4) is 0 Å². The van der Waals surface area contributed by atoms with Gasteiger partial charge in [-0.2, -0.15) is 0 Å². The van der Waals surface area contributed by atoms with Crippen molar-refractivity contribution in [3.05, 3.63) is 17.8 Å². The Kier molecular flexibility index (Phi) is 2.49. The van der Waals surface area contributed by atoms with Gasteiger partial charge < -0.3 is 14.3 Å². The van der Waals surface area contributed by atoms with Gasteiger partial charge in [0, 0.05) is 7.11 Å². The van der Waals surface area contributed by atoms with Crippen LogP contribution in [0.25, 0.3) is 0 Å². The van der Waals surface area contributed by atoms with Crippen molar-refractivity contribution in [2.75, 3.05) is 7.11 Å². The van der Waals surface area contributed by atoms with Crippen LogP contribution in [0.4, 0.5) is 0 Å². The molecule has 1 aromatic rings. The molecule has 68 valence electrons. The molecule has 0 radical (unpaired) electrons. The van der Waals surface area contributed by atoms with E-state index in [1.54, 1.807) is 7.11 Å². The second-order valence-electron chi connectivity index (χ2n) is 3.02. The maximum Gasteiger partial charge on any atom is 0.226 e. The van der Waals surface area contributed by atoms with Gasteiger partial charge in [0.25, 0.3) is 0 Å². The van der Waals surface area contributed by atoms with Crippen LogP contribution in [0.5, 0.6) is 0 Å². The van der Waals surface area contributed by atoms with E-state index in [9.17, 15) is 0 Å². The Morgan fingerprint density at radius 2 is 2.33 bits per heavy atom. The summed E-state index contributed by atoms with van der Waals surface area (Å²) < 4.78 is 10.3. The lowest BCUT2D eigenvalue weighted by atomic mass is 10.1. The molecule has 0 aliphatic rings. The number of hydrogen-bond acceptors (Lipinski definition) is 4. The lowest BCUT2D eigenvalue weighted by Gasteiger charge is -2.17. The normalized spacial score (nSPS) is 12.0. The smallest absolute Gasteiger partial charge is 0.226 e. The molecule has 0 aliphatic carbocycles. The fraction of sp³-hybridized carbons (Fsp3) is 0.625. The van der Waals surface area contributed by atoms with Crippen LogP contribution in [0.15, 0.2) is 10.7 Å². The number of hydrogen-bond donors (Lipinski definition) is 1. The third-order valence-electron chi connectivity index (χ3n) is 1.74. The zero-order valence-electron chi connectivity index (χ0n) is 7.50. The van der Waals surface area contributed by atoms with Crippen molar-refractivity contribution in [1.82, 2.24) is 4.98 Å². The topological polar surface area (TPSA) is 55.5 Å². The van der Waals surface area contributed by atoms with Crippen LogP contribution in [0.1, 0.15) is 25.4 Å². The van der Waals surface area contributed by atoms with Crippen molar-refractivity contribution in [1.29, 1.82) is 0 Å². The van der Waals surface area contributed by atoms with Crippen LogP contribution in [-0.4, -0.2) is 17.2 Å². The molecule has 12 heavy (non-hydrogen) atoms. The van der Waals surface area contributed by atoms with E-state index >= 15 is 0 Å². The molecule has 1 rings (SSSR count). The van der Waals surface area contributed by atoms with Crippen molar-refractivity contribution < 1.29 is 14.3 Å². The van der Waals surface area contributed by atoms with Crippen LogP contribution < -0.4 is 0 Å². The van der Waals surface area contributed by atoms with Crippen LogP contribution in [0.2, 0.25) is 0 Å². The molecule has 0 spiro atoms. The lowest BCUT2D eigenvalue weighted by Crippen LogP contribution is -2.19. The minimum absolute atomic E-state index is 0.108. The molecular weight excluding hydrogens is 158 g/mol. The summed E-state index contributed by atoms with van der Waals surface area (Å²) in [6, 6.07) is 0. The average Bonchev–Trinajstić information content (AvgIpc) is 2.52. The highest BCUT2D eigenvalue weighted by molar-refractivity contribution is 5.00. The highest BCUT2D eigenvalue weighted by Crippen LogP contribution is 2.22. The molecule has 4 heteroatoms. The number of aromatic nitrogens is 1. The van der Waals surface area contributed by atoms with E-state index in [4.69, 9.17) is 14.3 Å². The largest absolute Gasteiger partial charge is 0.446 e. The molecule has 0 saturated heterocycles. The number of aliphatic hydroxyl groups excluding tert-OH is 1. The number of methoxy groups -OCH3 is 1. The Morgan fingerprint density at radius 1 is 1.67 bits per heavy atom. The third kappa shape index (κ3) is 1.65. The van der Waals surface area contributed by atoms with Crippen molar-refractivity contribution in [2.24, 2.45) is 0 Å². The number of ether oxygens (including phenoxy) is 1. The SMILES string of the molecule is COC(C)(C)c1nc(CO)co1. The molecular formula is C8H13NO3. The molecule has 0 atom stereocenters. The van der Waals surface area contributed by atoms with Gasteiger partial charge in [-0.15, -0.1) is 0 Å². The van der Waals surface area contributed by atoms with Gasteiger partial charge in [-0.05, 0) is 13.8 Å². The number of nitrogens with zero attached hydrogens (tertiary/aromatic N) is 1. The van der Waals surface area contributed by atoms with Gasteiger partial charge >= 0.3 is 0 Å². The van der Waals surface area contributed by atoms with E-state index in [1.165, 1.54) is 6.26 Å². The summed E-state index contributed by atoms with van der Waals surface area (Å²) >= 11 is 0. The monoisotopic (exact) mass is 171 g/mol. The van der Waals surface area contributed by atoms with Crippen LogP contribution in [0, 0.1) is 0 Å². The van der Waals surface area contributed by atoms with Crippen molar-refractivity contribution in [2.45, 2.75) is 26.1 Å². The van der Waals surface area contributed by atoms with Gasteiger partial charge in [0.15, 0.2) is 0 Å². The predicted molar refractivity (Wildman–Crippen MR) is 42.5 cm³/mol. The van der Waals surface area contributed by atoms with Crippen molar-refractivity contribution in [3.63, 3.8) is 0 Å². The summed E-state index contributed by atoms with van der Waals surface area (Å²) in [6.45, 7) is 3.59. The van der Waals surface area contributed by atoms with E-state index in [0.29, 0.717) is 11.6 Å². The Morgan fingerprint density at radius 3 is 2.75 bits per heavy atom. The fourth-order valence-electron chi connectivity index (χ4n) is 0.743. The van der Waals surface area contributed by atoms with Gasteiger partial charge in [-0.3, -0.25) is 0 Å². The maximum absolute atomic E-state index is 8.73. The molecule has 0 unspecified atom stereocenters. The van der Waals surface area contributed by atoms with Gasteiger partial charge in [-0.25, -0.2) is 4.98 Å². The Labute approximate surface area is 71.2 Å². The molecule has 0 bridgehead atoms. The standard InChI is InChI=1S/C8H13NO3/c1-8(2,11-3)7-9-6(4-10)5-12-7/h5,10H,4H2,1-3H3. The van der Waals surface area contributed by atoms with E-state index < -0.39 is 5.60 Å². The summed E-state index contributed by atoms with van der Waals surface area (Å²) in [6.07, 6.45) is 1.43. The first-order valence-electron chi connectivity index (χ1n) is 3.71. The maximum atomic E-state index is 8.73. The van der Waals surface area contributed by atoms with Crippen molar-refractivity contribution >= 4 is 0 Å². The molecule has 0 saturated carbocycles. The van der Waals surface area contributed by atoms with Gasteiger partial charge in [-0.1, -0.05) is 0 Å². The Hall–Kier alpha value is -0.870. The van der Waals surface area contributed by atoms with Crippen LogP contribution in [0.3, 0.4) is 0 Å². The van der Waals surface area contributed by atoms with Crippen LogP contribution >= 0.6 is 0 Å². The van der Waals surface area contributed by atoms with E-state index in [2.05, 4.69) is 4.98 Å². The molecule has 4 nitrogen and oxygen atoms in total. The van der Waals surface area contributed by atoms with E-state index in [-0.39, 0.29) is 6.61 Å². The summed E-state index contributed by atoms with van der Waals surface area (Å²) in [4.78, 5) is 4.03. The fourth-order valence-corrected chi connectivity index (χ4v) is 0.743. The minimum atomic E-state index is -0.534. The Balaban J connectivity index is 2.88. The van der Waals surface area contributed by atoms with Crippen LogP contribution in [-0.2, 0) is 16.9 Å². The second kappa shape index (κ2) is 3.25. The van der Waals surface area contributed by atoms with E-state index in [1.807, 2.05) is 13.8 Å². The highest BCUT2D eigenvalue weighted by Gasteiger charge is 2.25. The third-order valence-corrected chi connectivity index (χ3v) is 1.74. The second-order valence-corrected chi connectivity index (χ2v) is 3.02. The number of aliphatic hydroxyl groups is 1. The van der Waals surface area contributed by atoms with Gasteiger partial charge in [0.1, 0.15) is 17.6 Å². The summed E-state index contributed by atoms with van der Waals surface area (Å²) in [5.41, 5.74) is -0.0110. The predicted octanol–water partition coefficient (Wildman–Crippen LogP) is 1.05. The molecule has 0 aliphatic heterocycles. The Bertz CT molecular complexity index is 255. The van der Waals surface area contributed by atoms with Gasteiger partial charge in [0.2, 0.25) is 5.89 Å². The summed E-state index contributed by atoms with van der Waals surface area (Å²) in [7, 11) is 1.59. The average molecular weight is 171 g/mol. The first-order valence-corrected chi connectivity index (χ1v) is 3.71. The quantitative estimate of drug-likeness (QED) is 0.738. The minimum Gasteiger partial charge on any atom is -0.446 e. The van der Waals surface area contributed by atoms with E-state index in [0.717, 1.165) is 0 Å². The zero-order chi connectivity index (χ0) is 9.19. The summed E-state index contributed by atoms with van der Waals surface area (Å²) in [5, 5.41) is 8.73. The first kappa shape index (κ1) is 9.22. The lowest BCUT2D eigenvalue weighted by molar-refractivity contribution is -0.00371. The molecule has 0 amide bonds. The molecule has 0 fully saturated rings. The molecule has 1 heterocycles. The van der Waals surface area contributed by atoms with Gasteiger partial charge in [0.05, 0.1) is 6.61 Å². The number of oxazole rings is 1. The highest BCUT2D eigenvalue weighted by atomic mass is 16.5. The number of rotatable bonds is 3. The molecule has 0 aromatic carbocycles.